The van der Waals surface area contributed by atoms with E-state index in [4.69, 9.17) is 10.5 Å². The second-order valence-corrected chi connectivity index (χ2v) is 6.10. The number of nitrogens with two attached hydrogens (primary N) is 1. The maximum absolute atomic E-state index is 11.7. The van der Waals surface area contributed by atoms with Gasteiger partial charge in [0.2, 0.25) is 0 Å². The molecule has 0 saturated carbocycles. The van der Waals surface area contributed by atoms with Crippen molar-refractivity contribution in [3.8, 4) is 0 Å². The van der Waals surface area contributed by atoms with E-state index in [1.165, 1.54) is 0 Å². The maximum Gasteiger partial charge on any atom is 0.413 e. The highest BCUT2D eigenvalue weighted by atomic mass is 16.6. The van der Waals surface area contributed by atoms with Crippen molar-refractivity contribution in [1.29, 1.82) is 0 Å². The lowest BCUT2D eigenvalue weighted by molar-refractivity contribution is 0.130. The van der Waals surface area contributed by atoms with Crippen LogP contribution < -0.4 is 16.4 Å². The number of rotatable bonds is 3. The number of nitrogen functional groups attached to an aromatic ring is 1. The van der Waals surface area contributed by atoms with E-state index in [1.54, 1.807) is 19.9 Å². The number of amides is 1. The molecule has 0 spiro atoms. The number of fused-ring (bicyclic) bond motifs is 1. The zero-order chi connectivity index (χ0) is 18.0. The highest BCUT2D eigenvalue weighted by Gasteiger charge is 2.23. The zero-order valence-corrected chi connectivity index (χ0v) is 14.4. The second kappa shape index (κ2) is 6.80. The fraction of sp³-hybridized carbons (Fsp3) is 0.278. The first-order valence-electron chi connectivity index (χ1n) is 8.12. The second-order valence-electron chi connectivity index (χ2n) is 6.10. The smallest absolute Gasteiger partial charge is 0.413 e. The summed E-state index contributed by atoms with van der Waals surface area (Å²) >= 11 is 0. The minimum atomic E-state index is -0.570. The molecular formula is C18H21N5O2. The molecule has 0 aliphatic carbocycles. The summed E-state index contributed by atoms with van der Waals surface area (Å²) in [5.41, 5.74) is 9.26. The number of anilines is 3. The van der Waals surface area contributed by atoms with Gasteiger partial charge >= 0.3 is 6.09 Å². The number of nitrogens with zero attached hydrogens (tertiary/aromatic N) is 2. The molecule has 1 aliphatic rings. The lowest BCUT2D eigenvalue weighted by Crippen LogP contribution is -2.30. The monoisotopic (exact) mass is 339 g/mol. The third-order valence-electron chi connectivity index (χ3n) is 3.68. The number of nitrogens with one attached hydrogen (secondary N) is 2. The molecule has 7 nitrogen and oxygen atoms in total. The van der Waals surface area contributed by atoms with Gasteiger partial charge in [0.25, 0.3) is 0 Å². The summed E-state index contributed by atoms with van der Waals surface area (Å²) < 4.78 is 5.06. The lowest BCUT2D eigenvalue weighted by Gasteiger charge is -2.25. The Hall–Kier alpha value is -3.09. The molecule has 7 heteroatoms. The first-order valence-corrected chi connectivity index (χ1v) is 8.12. The number of benzene rings is 1. The zero-order valence-electron chi connectivity index (χ0n) is 14.4. The van der Waals surface area contributed by atoms with E-state index < -0.39 is 6.09 Å². The number of aliphatic imine (C=N–C) groups is 1. The largest absolute Gasteiger partial charge is 0.447 e. The summed E-state index contributed by atoms with van der Waals surface area (Å²) in [7, 11) is 0. The van der Waals surface area contributed by atoms with Crippen LogP contribution in [0.4, 0.5) is 27.8 Å². The van der Waals surface area contributed by atoms with Gasteiger partial charge in [0.1, 0.15) is 11.5 Å². The van der Waals surface area contributed by atoms with Gasteiger partial charge in [0.15, 0.2) is 5.82 Å². The Morgan fingerprint density at radius 1 is 1.32 bits per heavy atom. The van der Waals surface area contributed by atoms with Gasteiger partial charge in [-0.2, -0.15) is 0 Å². The van der Waals surface area contributed by atoms with Crippen LogP contribution in [0.15, 0.2) is 41.4 Å². The van der Waals surface area contributed by atoms with Crippen molar-refractivity contribution in [2.45, 2.75) is 32.9 Å². The van der Waals surface area contributed by atoms with Crippen LogP contribution in [0.2, 0.25) is 0 Å². The summed E-state index contributed by atoms with van der Waals surface area (Å²) in [5.74, 6) is 0.560. The predicted molar refractivity (Wildman–Crippen MR) is 99.6 cm³/mol. The van der Waals surface area contributed by atoms with Crippen LogP contribution in [0.25, 0.3) is 0 Å². The van der Waals surface area contributed by atoms with Crippen molar-refractivity contribution in [3.05, 3.63) is 42.0 Å². The first kappa shape index (κ1) is 16.8. The van der Waals surface area contributed by atoms with Gasteiger partial charge in [-0.05, 0) is 26.3 Å². The molecule has 25 heavy (non-hydrogen) atoms. The molecule has 1 aromatic carbocycles. The van der Waals surface area contributed by atoms with Gasteiger partial charge < -0.3 is 15.8 Å². The van der Waals surface area contributed by atoms with Crippen LogP contribution in [0.3, 0.4) is 0 Å². The summed E-state index contributed by atoms with van der Waals surface area (Å²) in [6, 6.07) is 11.6. The fourth-order valence-corrected chi connectivity index (χ4v) is 2.64. The molecule has 1 aromatic heterocycles. The molecule has 2 aromatic rings. The summed E-state index contributed by atoms with van der Waals surface area (Å²) in [5, 5.41) is 5.94. The molecule has 1 amide bonds. The minimum absolute atomic E-state index is 0.00725. The third kappa shape index (κ3) is 3.71. The average Bonchev–Trinajstić information content (AvgIpc) is 2.54. The van der Waals surface area contributed by atoms with Crippen LogP contribution in [0.5, 0.6) is 0 Å². The van der Waals surface area contributed by atoms with E-state index in [0.717, 1.165) is 17.0 Å². The Balaban J connectivity index is 1.92. The molecule has 0 radical (unpaired) electrons. The Bertz CT molecular complexity index is 818. The molecule has 1 aliphatic heterocycles. The standard InChI is InChI=1S/C18H21N5O2/c1-10(2)25-18(24)22-14-9-13-16(17(19)21-14)23-15(11(3)20-13)12-7-5-4-6-8-12/h4-11,20H,1-3H3,(H3,19,21,22,24)/t11-/m0/s1. The quantitative estimate of drug-likeness (QED) is 0.793. The van der Waals surface area contributed by atoms with Crippen molar-refractivity contribution in [3.63, 3.8) is 0 Å². The van der Waals surface area contributed by atoms with Gasteiger partial charge in [-0.25, -0.2) is 14.8 Å². The fourth-order valence-electron chi connectivity index (χ4n) is 2.64. The average molecular weight is 339 g/mol. The number of carbonyl (C=O) groups excluding carboxylic acids is 1. The molecule has 130 valence electrons. The van der Waals surface area contributed by atoms with Crippen molar-refractivity contribution < 1.29 is 9.53 Å². The van der Waals surface area contributed by atoms with Gasteiger partial charge in [0, 0.05) is 6.07 Å². The lowest BCUT2D eigenvalue weighted by atomic mass is 10.0. The predicted octanol–water partition coefficient (Wildman–Crippen LogP) is 3.56. The highest BCUT2D eigenvalue weighted by molar-refractivity contribution is 6.10. The van der Waals surface area contributed by atoms with Crippen LogP contribution in [-0.2, 0) is 4.74 Å². The molecule has 0 unspecified atom stereocenters. The van der Waals surface area contributed by atoms with Crippen LogP contribution in [0.1, 0.15) is 26.3 Å². The van der Waals surface area contributed by atoms with Crippen LogP contribution in [-0.4, -0.2) is 28.9 Å². The molecular weight excluding hydrogens is 318 g/mol. The number of carbonyl (C=O) groups is 1. The van der Waals surface area contributed by atoms with E-state index >= 15 is 0 Å². The van der Waals surface area contributed by atoms with Crippen molar-refractivity contribution >= 4 is 34.8 Å². The summed E-state index contributed by atoms with van der Waals surface area (Å²) in [6.07, 6.45) is -0.787. The topological polar surface area (TPSA) is 102 Å². The van der Waals surface area contributed by atoms with Crippen molar-refractivity contribution in [2.24, 2.45) is 4.99 Å². The molecule has 0 fully saturated rings. The number of ether oxygens (including phenoxy) is 1. The van der Waals surface area contributed by atoms with Gasteiger partial charge in [0.05, 0.1) is 23.5 Å². The normalized spacial score (nSPS) is 15.8. The Kier molecular flexibility index (Phi) is 4.56. The number of pyridine rings is 1. The Morgan fingerprint density at radius 3 is 2.72 bits per heavy atom. The first-order chi connectivity index (χ1) is 11.9. The molecule has 4 N–H and O–H groups in total. The molecule has 2 heterocycles. The van der Waals surface area contributed by atoms with E-state index in [9.17, 15) is 4.79 Å². The summed E-state index contributed by atoms with van der Waals surface area (Å²) in [6.45, 7) is 5.57. The summed E-state index contributed by atoms with van der Waals surface area (Å²) in [4.78, 5) is 20.6. The molecule has 0 saturated heterocycles. The Labute approximate surface area is 146 Å². The van der Waals surface area contributed by atoms with Gasteiger partial charge in [-0.15, -0.1) is 0 Å². The van der Waals surface area contributed by atoms with E-state index in [1.807, 2.05) is 37.3 Å². The Morgan fingerprint density at radius 2 is 2.04 bits per heavy atom. The molecule has 3 rings (SSSR count). The van der Waals surface area contributed by atoms with E-state index in [0.29, 0.717) is 11.5 Å². The van der Waals surface area contributed by atoms with Gasteiger partial charge in [-0.1, -0.05) is 30.3 Å². The van der Waals surface area contributed by atoms with Crippen molar-refractivity contribution in [1.82, 2.24) is 4.98 Å². The van der Waals surface area contributed by atoms with Crippen LogP contribution in [0, 0.1) is 0 Å². The van der Waals surface area contributed by atoms with E-state index in [-0.39, 0.29) is 18.0 Å². The third-order valence-corrected chi connectivity index (χ3v) is 3.68. The number of aromatic nitrogens is 1. The number of hydrogen-bond donors (Lipinski definition) is 3. The molecule has 1 atom stereocenters. The minimum Gasteiger partial charge on any atom is -0.447 e. The van der Waals surface area contributed by atoms with Gasteiger partial charge in [-0.3, -0.25) is 5.32 Å². The maximum atomic E-state index is 11.7. The van der Waals surface area contributed by atoms with E-state index in [2.05, 4.69) is 20.6 Å². The van der Waals surface area contributed by atoms with Crippen molar-refractivity contribution in [2.75, 3.05) is 16.4 Å². The van der Waals surface area contributed by atoms with Crippen LogP contribution >= 0.6 is 0 Å². The number of hydrogen-bond acceptors (Lipinski definition) is 6. The SMILES string of the molecule is CC(C)OC(=O)Nc1cc2c(c(N)n1)N=C(c1ccccc1)[C@H](C)N2. The highest BCUT2D eigenvalue weighted by Crippen LogP contribution is 2.37. The molecule has 0 bridgehead atoms.